The summed E-state index contributed by atoms with van der Waals surface area (Å²) in [5, 5.41) is 3.02. The molecule has 4 nitrogen and oxygen atoms in total. The number of nitrogens with two attached hydrogens (primary N) is 1. The first-order valence-electron chi connectivity index (χ1n) is 7.68. The van der Waals surface area contributed by atoms with Gasteiger partial charge in [-0.25, -0.2) is 0 Å². The molecule has 1 aromatic rings. The Hall–Kier alpha value is -1.55. The van der Waals surface area contributed by atoms with Gasteiger partial charge in [0.1, 0.15) is 5.75 Å². The van der Waals surface area contributed by atoms with Crippen LogP contribution in [0.2, 0.25) is 0 Å². The van der Waals surface area contributed by atoms with E-state index in [9.17, 15) is 4.79 Å². The zero-order valence-electron chi connectivity index (χ0n) is 13.4. The predicted molar refractivity (Wildman–Crippen MR) is 84.5 cm³/mol. The van der Waals surface area contributed by atoms with E-state index >= 15 is 0 Å². The van der Waals surface area contributed by atoms with Crippen LogP contribution >= 0.6 is 0 Å². The minimum atomic E-state index is -0.428. The largest absolute Gasteiger partial charge is 0.480 e. The van der Waals surface area contributed by atoms with Gasteiger partial charge in [-0.2, -0.15) is 0 Å². The summed E-state index contributed by atoms with van der Waals surface area (Å²) in [7, 11) is 0. The van der Waals surface area contributed by atoms with E-state index in [0.717, 1.165) is 17.7 Å². The molecule has 2 rings (SSSR count). The molecule has 0 aliphatic carbocycles. The Labute approximate surface area is 127 Å². The van der Waals surface area contributed by atoms with Crippen molar-refractivity contribution in [1.82, 2.24) is 5.32 Å². The molecule has 1 aliphatic rings. The number of hydrogen-bond acceptors (Lipinski definition) is 3. The fourth-order valence-corrected chi connectivity index (χ4v) is 2.74. The van der Waals surface area contributed by atoms with E-state index in [0.29, 0.717) is 18.9 Å². The van der Waals surface area contributed by atoms with Gasteiger partial charge in [-0.1, -0.05) is 19.9 Å². The number of fused-ring (bicyclic) bond motifs is 1. The van der Waals surface area contributed by atoms with E-state index in [-0.39, 0.29) is 11.9 Å². The summed E-state index contributed by atoms with van der Waals surface area (Å²) in [4.78, 5) is 12.3. The van der Waals surface area contributed by atoms with E-state index in [2.05, 4.69) is 39.1 Å². The summed E-state index contributed by atoms with van der Waals surface area (Å²) in [6.07, 6.45) is 1.10. The first-order valence-corrected chi connectivity index (χ1v) is 7.68. The third-order valence-electron chi connectivity index (χ3n) is 4.03. The van der Waals surface area contributed by atoms with Crippen LogP contribution in [0.5, 0.6) is 5.75 Å². The molecule has 116 valence electrons. The highest BCUT2D eigenvalue weighted by Gasteiger charge is 2.30. The first kappa shape index (κ1) is 15.8. The van der Waals surface area contributed by atoms with E-state index in [1.54, 1.807) is 0 Å². The van der Waals surface area contributed by atoms with Crippen molar-refractivity contribution in [2.24, 2.45) is 11.7 Å². The molecule has 1 aliphatic heterocycles. The predicted octanol–water partition coefficient (Wildman–Crippen LogP) is 2.10. The fraction of sp³-hybridized carbons (Fsp3) is 0.588. The van der Waals surface area contributed by atoms with Gasteiger partial charge in [0, 0.05) is 19.0 Å². The molecule has 0 saturated heterocycles. The van der Waals surface area contributed by atoms with Crippen LogP contribution in [-0.4, -0.2) is 24.6 Å². The number of benzene rings is 1. The van der Waals surface area contributed by atoms with Crippen LogP contribution in [0, 0.1) is 19.8 Å². The van der Waals surface area contributed by atoms with Crippen molar-refractivity contribution in [1.29, 1.82) is 0 Å². The number of carbonyl (C=O) groups excluding carboxylic acids is 1. The second-order valence-corrected chi connectivity index (χ2v) is 6.43. The molecule has 1 aromatic carbocycles. The second-order valence-electron chi connectivity index (χ2n) is 6.43. The maximum Gasteiger partial charge on any atom is 0.261 e. The van der Waals surface area contributed by atoms with Crippen molar-refractivity contribution in [3.63, 3.8) is 0 Å². The maximum absolute atomic E-state index is 12.3. The standard InChI is InChI=1S/C17H26N2O2/c1-10(2)5-14(9-18)19-17(20)16-8-13-6-11(3)12(4)7-15(13)21-16/h6-7,10,14,16H,5,8-9,18H2,1-4H3,(H,19,20). The second kappa shape index (κ2) is 6.48. The Bertz CT molecular complexity index is 495. The minimum Gasteiger partial charge on any atom is -0.480 e. The van der Waals surface area contributed by atoms with E-state index in [1.807, 2.05) is 6.07 Å². The SMILES string of the molecule is Cc1cc2c(cc1C)OC(C(=O)NC(CN)CC(C)C)C2. The summed E-state index contributed by atoms with van der Waals surface area (Å²) in [6, 6.07) is 4.16. The Morgan fingerprint density at radius 1 is 1.38 bits per heavy atom. The maximum atomic E-state index is 12.3. The summed E-state index contributed by atoms with van der Waals surface area (Å²) in [5.74, 6) is 1.29. The summed E-state index contributed by atoms with van der Waals surface area (Å²) < 4.78 is 5.80. The van der Waals surface area contributed by atoms with Gasteiger partial charge in [-0.15, -0.1) is 0 Å². The minimum absolute atomic E-state index is 0.0216. The number of nitrogens with one attached hydrogen (secondary N) is 1. The molecule has 1 amide bonds. The molecule has 0 bridgehead atoms. The monoisotopic (exact) mass is 290 g/mol. The van der Waals surface area contributed by atoms with Gasteiger partial charge < -0.3 is 15.8 Å². The van der Waals surface area contributed by atoms with Gasteiger partial charge in [0.2, 0.25) is 0 Å². The van der Waals surface area contributed by atoms with Crippen LogP contribution in [0.25, 0.3) is 0 Å². The highest BCUT2D eigenvalue weighted by atomic mass is 16.5. The molecule has 0 fully saturated rings. The molecular formula is C17H26N2O2. The van der Waals surface area contributed by atoms with Crippen LogP contribution in [0.3, 0.4) is 0 Å². The molecule has 0 saturated carbocycles. The number of carbonyl (C=O) groups is 1. The number of hydrogen-bond donors (Lipinski definition) is 2. The van der Waals surface area contributed by atoms with Crippen LogP contribution < -0.4 is 15.8 Å². The van der Waals surface area contributed by atoms with Crippen LogP contribution in [0.1, 0.15) is 37.0 Å². The zero-order valence-corrected chi connectivity index (χ0v) is 13.4. The molecule has 0 spiro atoms. The average molecular weight is 290 g/mol. The summed E-state index contributed by atoms with van der Waals surface area (Å²) >= 11 is 0. The lowest BCUT2D eigenvalue weighted by Gasteiger charge is -2.20. The number of ether oxygens (including phenoxy) is 1. The van der Waals surface area contributed by atoms with Crippen LogP contribution in [0.4, 0.5) is 0 Å². The Kier molecular flexibility index (Phi) is 4.88. The van der Waals surface area contributed by atoms with Crippen molar-refractivity contribution in [2.75, 3.05) is 6.54 Å². The highest BCUT2D eigenvalue weighted by Crippen LogP contribution is 2.31. The zero-order chi connectivity index (χ0) is 15.6. The van der Waals surface area contributed by atoms with Crippen molar-refractivity contribution >= 4 is 5.91 Å². The molecule has 0 radical (unpaired) electrons. The van der Waals surface area contributed by atoms with E-state index < -0.39 is 6.10 Å². The molecule has 4 heteroatoms. The van der Waals surface area contributed by atoms with Gasteiger partial charge in [0.25, 0.3) is 5.91 Å². The summed E-state index contributed by atoms with van der Waals surface area (Å²) in [6.45, 7) is 8.85. The Morgan fingerprint density at radius 2 is 2.05 bits per heavy atom. The quantitative estimate of drug-likeness (QED) is 0.873. The van der Waals surface area contributed by atoms with Crippen molar-refractivity contribution in [3.8, 4) is 5.75 Å². The van der Waals surface area contributed by atoms with Crippen molar-refractivity contribution < 1.29 is 9.53 Å². The molecule has 2 unspecified atom stereocenters. The lowest BCUT2D eigenvalue weighted by atomic mass is 10.0. The number of amides is 1. The molecular weight excluding hydrogens is 264 g/mol. The van der Waals surface area contributed by atoms with Crippen molar-refractivity contribution in [3.05, 3.63) is 28.8 Å². The first-order chi connectivity index (χ1) is 9.90. The molecule has 0 aromatic heterocycles. The molecule has 2 atom stereocenters. The smallest absolute Gasteiger partial charge is 0.261 e. The Morgan fingerprint density at radius 3 is 2.67 bits per heavy atom. The van der Waals surface area contributed by atoms with Crippen LogP contribution in [-0.2, 0) is 11.2 Å². The van der Waals surface area contributed by atoms with E-state index in [1.165, 1.54) is 11.1 Å². The van der Waals surface area contributed by atoms with Gasteiger partial charge in [0.05, 0.1) is 0 Å². The van der Waals surface area contributed by atoms with Gasteiger partial charge in [0.15, 0.2) is 6.10 Å². The van der Waals surface area contributed by atoms with Gasteiger partial charge >= 0.3 is 0 Å². The summed E-state index contributed by atoms with van der Waals surface area (Å²) in [5.41, 5.74) is 9.28. The number of aryl methyl sites for hydroxylation is 2. The lowest BCUT2D eigenvalue weighted by Crippen LogP contribution is -2.46. The average Bonchev–Trinajstić information content (AvgIpc) is 2.80. The molecule has 1 heterocycles. The topological polar surface area (TPSA) is 64.3 Å². The Balaban J connectivity index is 2.00. The van der Waals surface area contributed by atoms with Gasteiger partial charge in [-0.3, -0.25) is 4.79 Å². The third-order valence-corrected chi connectivity index (χ3v) is 4.03. The highest BCUT2D eigenvalue weighted by molar-refractivity contribution is 5.82. The third kappa shape index (κ3) is 3.76. The van der Waals surface area contributed by atoms with Crippen molar-refractivity contribution in [2.45, 2.75) is 52.7 Å². The van der Waals surface area contributed by atoms with Gasteiger partial charge in [-0.05, 0) is 48.9 Å². The normalized spacial score (nSPS) is 18.3. The lowest BCUT2D eigenvalue weighted by molar-refractivity contribution is -0.128. The van der Waals surface area contributed by atoms with E-state index in [4.69, 9.17) is 10.5 Å². The molecule has 21 heavy (non-hydrogen) atoms. The van der Waals surface area contributed by atoms with Crippen LogP contribution in [0.15, 0.2) is 12.1 Å². The number of rotatable bonds is 5. The fourth-order valence-electron chi connectivity index (χ4n) is 2.74. The molecule has 3 N–H and O–H groups in total.